The third-order valence-electron chi connectivity index (χ3n) is 7.41. The lowest BCUT2D eigenvalue weighted by Gasteiger charge is -2.54. The van der Waals surface area contributed by atoms with Crippen molar-refractivity contribution in [3.63, 3.8) is 0 Å². The number of nitrogens with one attached hydrogen (secondary N) is 2. The molecule has 0 unspecified atom stereocenters. The van der Waals surface area contributed by atoms with E-state index < -0.39 is 84.0 Å². The second kappa shape index (κ2) is 10.2. The lowest BCUT2D eigenvalue weighted by atomic mass is 9.71. The molecule has 3 aliphatic heterocycles. The van der Waals surface area contributed by atoms with Crippen molar-refractivity contribution >= 4 is 35.1 Å². The van der Waals surface area contributed by atoms with E-state index in [0.29, 0.717) is 17.9 Å². The number of nitrogens with zero attached hydrogens (tertiary/aromatic N) is 1. The Hall–Kier alpha value is -2.76. The average Bonchev–Trinajstić information content (AvgIpc) is 3.25. The van der Waals surface area contributed by atoms with Gasteiger partial charge in [-0.3, -0.25) is 19.2 Å². The second-order valence-corrected chi connectivity index (χ2v) is 10.2. The molecule has 5 atom stereocenters. The number of alkyl halides is 5. The third-order valence-corrected chi connectivity index (χ3v) is 7.65. The highest BCUT2D eigenvalue weighted by Crippen LogP contribution is 2.50. The van der Waals surface area contributed by atoms with E-state index in [4.69, 9.17) is 11.6 Å². The zero-order valence-electron chi connectivity index (χ0n) is 19.5. The predicted octanol–water partition coefficient (Wildman–Crippen LogP) is 3.00. The van der Waals surface area contributed by atoms with Crippen molar-refractivity contribution in [1.29, 1.82) is 0 Å². The molecule has 2 N–H and O–H groups in total. The summed E-state index contributed by atoms with van der Waals surface area (Å²) in [5.41, 5.74) is -0.768. The number of Topliss-reactive ketones (excluding diaryl/α,β-unsaturated/α-hetero) is 1. The molecule has 13 heteroatoms. The molecule has 7 nitrogen and oxygen atoms in total. The normalized spacial score (nSPS) is 27.5. The largest absolute Gasteiger partial charge is 0.356 e. The van der Waals surface area contributed by atoms with Crippen LogP contribution in [0.1, 0.15) is 37.7 Å². The van der Waals surface area contributed by atoms with E-state index in [0.717, 1.165) is 12.1 Å². The standard InChI is InChI=1S/C24H25ClF5N3O4/c25-14-3-1-2-13(9-14)24(29,30)22(37)33-15-4-5-16(23(27,28)10-15)19(33)21(36)32-17(18(34)11-26)8-12-6-7-31-20(12)35/h1-3,9,12,15-17,19H,4-8,10-11H2,(H,31,35)(H,32,36)/t12-,15+,16+,17-,19+/m1/s1. The highest BCUT2D eigenvalue weighted by Gasteiger charge is 2.63. The van der Waals surface area contributed by atoms with Crippen molar-refractivity contribution in [1.82, 2.24) is 15.5 Å². The molecule has 3 saturated heterocycles. The molecule has 1 aromatic carbocycles. The molecule has 4 aliphatic rings. The average molecular weight is 550 g/mol. The van der Waals surface area contributed by atoms with Gasteiger partial charge >= 0.3 is 5.92 Å². The Balaban J connectivity index is 1.64. The fourth-order valence-corrected chi connectivity index (χ4v) is 5.73. The summed E-state index contributed by atoms with van der Waals surface area (Å²) in [6, 6.07) is -0.585. The minimum Gasteiger partial charge on any atom is -0.356 e. The molecule has 1 aliphatic carbocycles. The number of carbonyl (C=O) groups is 4. The maximum atomic E-state index is 15.3. The van der Waals surface area contributed by atoms with E-state index in [-0.39, 0.29) is 24.3 Å². The SMILES string of the molecule is O=C1NCC[C@@H]1C[C@@H](NC(=O)[C@@H]1[C@@H]2CC[C@@H](CC2(F)F)N1C(=O)C(F)(F)c1cccc(Cl)c1)C(=O)CF. The number of halogens is 6. The van der Waals surface area contributed by atoms with Gasteiger partial charge in [-0.25, -0.2) is 13.2 Å². The highest BCUT2D eigenvalue weighted by atomic mass is 35.5. The van der Waals surface area contributed by atoms with Crippen LogP contribution in [0, 0.1) is 11.8 Å². The van der Waals surface area contributed by atoms with Crippen LogP contribution in [0.3, 0.4) is 0 Å². The number of ketones is 1. The van der Waals surface area contributed by atoms with Gasteiger partial charge in [-0.15, -0.1) is 0 Å². The van der Waals surface area contributed by atoms with E-state index >= 15 is 8.78 Å². The first-order chi connectivity index (χ1) is 17.4. The van der Waals surface area contributed by atoms with Crippen LogP contribution in [0.5, 0.6) is 0 Å². The van der Waals surface area contributed by atoms with Gasteiger partial charge in [0.2, 0.25) is 11.8 Å². The number of fused-ring (bicyclic) bond motifs is 3. The van der Waals surface area contributed by atoms with Gasteiger partial charge in [-0.2, -0.15) is 8.78 Å². The van der Waals surface area contributed by atoms with Crippen molar-refractivity contribution in [3.8, 4) is 0 Å². The maximum Gasteiger partial charge on any atom is 0.350 e. The molecule has 1 aromatic rings. The molecule has 1 saturated carbocycles. The first kappa shape index (κ1) is 27.3. The molecule has 202 valence electrons. The second-order valence-electron chi connectivity index (χ2n) is 9.72. The summed E-state index contributed by atoms with van der Waals surface area (Å²) in [6.07, 6.45) is -1.10. The minimum absolute atomic E-state index is 0.0174. The van der Waals surface area contributed by atoms with E-state index in [2.05, 4.69) is 10.6 Å². The van der Waals surface area contributed by atoms with Crippen LogP contribution in [-0.4, -0.2) is 65.7 Å². The van der Waals surface area contributed by atoms with Crippen LogP contribution in [-0.2, 0) is 25.1 Å². The summed E-state index contributed by atoms with van der Waals surface area (Å²) >= 11 is 5.79. The molecule has 37 heavy (non-hydrogen) atoms. The Morgan fingerprint density at radius 1 is 1.22 bits per heavy atom. The quantitative estimate of drug-likeness (QED) is 0.488. The molecule has 5 rings (SSSR count). The lowest BCUT2D eigenvalue weighted by molar-refractivity contribution is -0.207. The van der Waals surface area contributed by atoms with E-state index in [1.54, 1.807) is 0 Å². The number of benzene rings is 1. The minimum atomic E-state index is -4.19. The first-order valence-electron chi connectivity index (χ1n) is 11.9. The number of amides is 3. The fourth-order valence-electron chi connectivity index (χ4n) is 5.54. The number of carbonyl (C=O) groups excluding carboxylic acids is 4. The van der Waals surface area contributed by atoms with Crippen molar-refractivity contribution in [3.05, 3.63) is 34.9 Å². The van der Waals surface area contributed by atoms with Crippen molar-refractivity contribution in [2.24, 2.45) is 11.8 Å². The van der Waals surface area contributed by atoms with Crippen LogP contribution in [0.2, 0.25) is 5.02 Å². The number of piperidine rings is 2. The summed E-state index contributed by atoms with van der Waals surface area (Å²) < 4.78 is 73.6. The smallest absolute Gasteiger partial charge is 0.350 e. The first-order valence-corrected chi connectivity index (χ1v) is 12.3. The van der Waals surface area contributed by atoms with Crippen molar-refractivity contribution < 1.29 is 41.1 Å². The van der Waals surface area contributed by atoms with Crippen LogP contribution in [0.4, 0.5) is 22.0 Å². The Labute approximate surface area is 214 Å². The van der Waals surface area contributed by atoms with E-state index in [1.165, 1.54) is 12.1 Å². The Bertz CT molecular complexity index is 1100. The molecule has 4 fully saturated rings. The number of hydrogen-bond donors (Lipinski definition) is 2. The Morgan fingerprint density at radius 2 is 1.95 bits per heavy atom. The highest BCUT2D eigenvalue weighted by molar-refractivity contribution is 6.30. The summed E-state index contributed by atoms with van der Waals surface area (Å²) in [5.74, 6) is -14.7. The zero-order chi connectivity index (χ0) is 27.1. The summed E-state index contributed by atoms with van der Waals surface area (Å²) in [7, 11) is 0. The number of rotatable bonds is 8. The molecular formula is C24H25ClF5N3O4. The molecule has 0 radical (unpaired) electrons. The monoisotopic (exact) mass is 549 g/mol. The van der Waals surface area contributed by atoms with Gasteiger partial charge in [-0.1, -0.05) is 23.7 Å². The van der Waals surface area contributed by atoms with Crippen molar-refractivity contribution in [2.75, 3.05) is 13.2 Å². The molecule has 2 bridgehead atoms. The van der Waals surface area contributed by atoms with Gasteiger partial charge in [0, 0.05) is 35.5 Å². The summed E-state index contributed by atoms with van der Waals surface area (Å²) in [5, 5.41) is 4.65. The van der Waals surface area contributed by atoms with Gasteiger partial charge < -0.3 is 15.5 Å². The lowest BCUT2D eigenvalue weighted by Crippen LogP contribution is -2.70. The van der Waals surface area contributed by atoms with Gasteiger partial charge in [0.1, 0.15) is 12.7 Å². The van der Waals surface area contributed by atoms with Gasteiger partial charge in [-0.05, 0) is 37.8 Å². The topological polar surface area (TPSA) is 95.6 Å². The zero-order valence-corrected chi connectivity index (χ0v) is 20.2. The van der Waals surface area contributed by atoms with Crippen LogP contribution < -0.4 is 10.6 Å². The summed E-state index contributed by atoms with van der Waals surface area (Å²) in [4.78, 5) is 51.1. The molecule has 3 heterocycles. The van der Waals surface area contributed by atoms with Gasteiger partial charge in [0.25, 0.3) is 11.8 Å². The maximum absolute atomic E-state index is 15.3. The molecular weight excluding hydrogens is 525 g/mol. The molecule has 0 aromatic heterocycles. The van der Waals surface area contributed by atoms with Crippen LogP contribution >= 0.6 is 11.6 Å². The fraction of sp³-hybridized carbons (Fsp3) is 0.583. The third kappa shape index (κ3) is 5.17. The predicted molar refractivity (Wildman–Crippen MR) is 121 cm³/mol. The Kier molecular flexibility index (Phi) is 7.51. The van der Waals surface area contributed by atoms with E-state index in [9.17, 15) is 32.3 Å². The van der Waals surface area contributed by atoms with Crippen molar-refractivity contribution in [2.45, 2.75) is 62.1 Å². The van der Waals surface area contributed by atoms with Crippen LogP contribution in [0.15, 0.2) is 24.3 Å². The Morgan fingerprint density at radius 3 is 2.54 bits per heavy atom. The van der Waals surface area contributed by atoms with Gasteiger partial charge in [0.15, 0.2) is 5.78 Å². The van der Waals surface area contributed by atoms with Crippen LogP contribution in [0.25, 0.3) is 0 Å². The molecule has 3 amide bonds. The molecule has 0 spiro atoms. The summed E-state index contributed by atoms with van der Waals surface area (Å²) in [6.45, 7) is -1.19. The van der Waals surface area contributed by atoms with Gasteiger partial charge in [0.05, 0.1) is 12.0 Å². The number of hydrogen-bond acceptors (Lipinski definition) is 4. The van der Waals surface area contributed by atoms with E-state index in [1.807, 2.05) is 0 Å².